The molecule has 0 spiro atoms. The van der Waals surface area contributed by atoms with Crippen molar-refractivity contribution in [3.8, 4) is 0 Å². The largest absolute Gasteiger partial charge is 0.479 e. The summed E-state index contributed by atoms with van der Waals surface area (Å²) in [5, 5.41) is 25.9. The van der Waals surface area contributed by atoms with Crippen molar-refractivity contribution in [2.75, 3.05) is 6.61 Å². The Labute approximate surface area is 71.8 Å². The van der Waals surface area contributed by atoms with Gasteiger partial charge in [-0.25, -0.2) is 4.79 Å². The summed E-state index contributed by atoms with van der Waals surface area (Å²) in [7, 11) is 0. The van der Waals surface area contributed by atoms with Crippen LogP contribution in [0.4, 0.5) is 0 Å². The third-order valence-corrected chi connectivity index (χ3v) is 1.86. The number of aliphatic carboxylic acids is 1. The first-order chi connectivity index (χ1) is 5.59. The van der Waals surface area contributed by atoms with Crippen LogP contribution in [0.5, 0.6) is 0 Å². The zero-order valence-corrected chi connectivity index (χ0v) is 7.23. The van der Waals surface area contributed by atoms with Crippen molar-refractivity contribution in [3.05, 3.63) is 0 Å². The second-order valence-electron chi connectivity index (χ2n) is 2.98. The quantitative estimate of drug-likeness (QED) is 0.506. The number of rotatable bonds is 6. The summed E-state index contributed by atoms with van der Waals surface area (Å²) >= 11 is 0. The molecule has 0 rings (SSSR count). The predicted molar refractivity (Wildman–Crippen MR) is 43.7 cm³/mol. The third kappa shape index (κ3) is 4.31. The Kier molecular flexibility index (Phi) is 5.66. The van der Waals surface area contributed by atoms with Crippen molar-refractivity contribution in [3.63, 3.8) is 0 Å². The van der Waals surface area contributed by atoms with Crippen LogP contribution in [0.15, 0.2) is 0 Å². The average molecular weight is 176 g/mol. The normalized spacial score (nSPS) is 15.6. The lowest BCUT2D eigenvalue weighted by Gasteiger charge is -2.13. The topological polar surface area (TPSA) is 77.8 Å². The van der Waals surface area contributed by atoms with Gasteiger partial charge < -0.3 is 15.3 Å². The first-order valence-corrected chi connectivity index (χ1v) is 4.11. The zero-order valence-electron chi connectivity index (χ0n) is 7.23. The van der Waals surface area contributed by atoms with Gasteiger partial charge >= 0.3 is 5.97 Å². The van der Waals surface area contributed by atoms with Crippen LogP contribution in [0.2, 0.25) is 0 Å². The molecule has 0 unspecified atom stereocenters. The van der Waals surface area contributed by atoms with Crippen molar-refractivity contribution in [1.29, 1.82) is 0 Å². The number of carboxylic acid groups (broad SMARTS) is 1. The molecule has 4 heteroatoms. The highest BCUT2D eigenvalue weighted by Crippen LogP contribution is 2.12. The molecule has 2 atom stereocenters. The van der Waals surface area contributed by atoms with E-state index in [1.807, 2.05) is 0 Å². The molecule has 0 bridgehead atoms. The second kappa shape index (κ2) is 5.97. The fourth-order valence-corrected chi connectivity index (χ4v) is 0.979. The van der Waals surface area contributed by atoms with E-state index in [0.29, 0.717) is 12.8 Å². The van der Waals surface area contributed by atoms with Gasteiger partial charge in [-0.05, 0) is 18.8 Å². The number of unbranched alkanes of at least 4 members (excludes halogenated alkanes) is 1. The number of aliphatic hydroxyl groups is 2. The Morgan fingerprint density at radius 2 is 2.00 bits per heavy atom. The summed E-state index contributed by atoms with van der Waals surface area (Å²) in [5.41, 5.74) is 0. The Hall–Kier alpha value is -0.610. The smallest absolute Gasteiger partial charge is 0.332 e. The first-order valence-electron chi connectivity index (χ1n) is 4.11. The summed E-state index contributed by atoms with van der Waals surface area (Å²) in [4.78, 5) is 10.3. The van der Waals surface area contributed by atoms with Crippen LogP contribution >= 0.6 is 0 Å². The number of carboxylic acids is 1. The van der Waals surface area contributed by atoms with Crippen LogP contribution in [0.1, 0.15) is 26.2 Å². The molecular weight excluding hydrogens is 160 g/mol. The number of hydrogen-bond acceptors (Lipinski definition) is 3. The lowest BCUT2D eigenvalue weighted by atomic mass is 9.98. The lowest BCUT2D eigenvalue weighted by Crippen LogP contribution is -2.27. The number of aliphatic hydroxyl groups excluding tert-OH is 2. The summed E-state index contributed by atoms with van der Waals surface area (Å²) < 4.78 is 0. The molecule has 0 aliphatic rings. The highest BCUT2D eigenvalue weighted by atomic mass is 16.4. The van der Waals surface area contributed by atoms with Crippen LogP contribution in [-0.4, -0.2) is 34.0 Å². The molecule has 0 saturated carbocycles. The van der Waals surface area contributed by atoms with E-state index >= 15 is 0 Å². The highest BCUT2D eigenvalue weighted by molar-refractivity contribution is 5.72. The van der Waals surface area contributed by atoms with Gasteiger partial charge in [-0.3, -0.25) is 0 Å². The maximum absolute atomic E-state index is 10.3. The monoisotopic (exact) mass is 176 g/mol. The molecule has 72 valence electrons. The Morgan fingerprint density at radius 3 is 2.42 bits per heavy atom. The standard InChI is InChI=1S/C8H16O4/c1-6(4-2-3-5-9)7(10)8(11)12/h6-7,9-10H,2-5H2,1H3,(H,11,12)/t6-,7-/m1/s1. The fourth-order valence-electron chi connectivity index (χ4n) is 0.979. The van der Waals surface area contributed by atoms with E-state index in [1.165, 1.54) is 0 Å². The second-order valence-corrected chi connectivity index (χ2v) is 2.98. The maximum Gasteiger partial charge on any atom is 0.332 e. The Balaban J connectivity index is 3.56. The van der Waals surface area contributed by atoms with Crippen molar-refractivity contribution >= 4 is 5.97 Å². The molecule has 0 fully saturated rings. The van der Waals surface area contributed by atoms with Crippen LogP contribution in [0, 0.1) is 5.92 Å². The van der Waals surface area contributed by atoms with E-state index in [-0.39, 0.29) is 12.5 Å². The van der Waals surface area contributed by atoms with E-state index in [9.17, 15) is 4.79 Å². The molecule has 0 aliphatic heterocycles. The van der Waals surface area contributed by atoms with Gasteiger partial charge in [0.1, 0.15) is 0 Å². The van der Waals surface area contributed by atoms with Crippen LogP contribution in [-0.2, 0) is 4.79 Å². The summed E-state index contributed by atoms with van der Waals surface area (Å²) in [6, 6.07) is 0. The Morgan fingerprint density at radius 1 is 1.42 bits per heavy atom. The van der Waals surface area contributed by atoms with Crippen LogP contribution < -0.4 is 0 Å². The number of hydrogen-bond donors (Lipinski definition) is 3. The van der Waals surface area contributed by atoms with Gasteiger partial charge in [-0.2, -0.15) is 0 Å². The van der Waals surface area contributed by atoms with Gasteiger partial charge in [0.15, 0.2) is 6.10 Å². The van der Waals surface area contributed by atoms with Gasteiger partial charge in [0.05, 0.1) is 0 Å². The van der Waals surface area contributed by atoms with Crippen LogP contribution in [0.3, 0.4) is 0 Å². The van der Waals surface area contributed by atoms with E-state index in [4.69, 9.17) is 15.3 Å². The molecule has 12 heavy (non-hydrogen) atoms. The molecule has 0 radical (unpaired) electrons. The van der Waals surface area contributed by atoms with E-state index in [2.05, 4.69) is 0 Å². The molecule has 0 heterocycles. The van der Waals surface area contributed by atoms with E-state index in [1.54, 1.807) is 6.92 Å². The third-order valence-electron chi connectivity index (χ3n) is 1.86. The van der Waals surface area contributed by atoms with Gasteiger partial charge in [-0.15, -0.1) is 0 Å². The van der Waals surface area contributed by atoms with Gasteiger partial charge in [0.25, 0.3) is 0 Å². The van der Waals surface area contributed by atoms with Crippen molar-refractivity contribution in [2.45, 2.75) is 32.3 Å². The predicted octanol–water partition coefficient (Wildman–Crippen LogP) is 0.231. The molecule has 3 N–H and O–H groups in total. The van der Waals surface area contributed by atoms with Crippen molar-refractivity contribution < 1.29 is 20.1 Å². The summed E-state index contributed by atoms with van der Waals surface area (Å²) in [6.45, 7) is 1.81. The van der Waals surface area contributed by atoms with E-state index < -0.39 is 12.1 Å². The van der Waals surface area contributed by atoms with E-state index in [0.717, 1.165) is 6.42 Å². The molecule has 0 saturated heterocycles. The highest BCUT2D eigenvalue weighted by Gasteiger charge is 2.20. The molecule has 0 aromatic rings. The summed E-state index contributed by atoms with van der Waals surface area (Å²) in [6.07, 6.45) is 0.774. The average Bonchev–Trinajstić information content (AvgIpc) is 2.03. The Bertz CT molecular complexity index is 135. The molecule has 0 aliphatic carbocycles. The van der Waals surface area contributed by atoms with Crippen molar-refractivity contribution in [2.24, 2.45) is 5.92 Å². The molecule has 0 aromatic carbocycles. The lowest BCUT2D eigenvalue weighted by molar-refractivity contribution is -0.149. The van der Waals surface area contributed by atoms with Gasteiger partial charge in [-0.1, -0.05) is 13.3 Å². The maximum atomic E-state index is 10.3. The first kappa shape index (κ1) is 11.4. The molecule has 4 nitrogen and oxygen atoms in total. The SMILES string of the molecule is C[C@H](CCCCO)[C@@H](O)C(=O)O. The van der Waals surface area contributed by atoms with Crippen molar-refractivity contribution in [1.82, 2.24) is 0 Å². The molecular formula is C8H16O4. The minimum atomic E-state index is -1.27. The minimum absolute atomic E-state index is 0.121. The number of carbonyl (C=O) groups is 1. The molecule has 0 amide bonds. The van der Waals surface area contributed by atoms with Gasteiger partial charge in [0.2, 0.25) is 0 Å². The van der Waals surface area contributed by atoms with Gasteiger partial charge in [0, 0.05) is 6.61 Å². The summed E-state index contributed by atoms with van der Waals surface area (Å²) in [5.74, 6) is -1.42. The molecule has 0 aromatic heterocycles. The fraction of sp³-hybridized carbons (Fsp3) is 0.875. The van der Waals surface area contributed by atoms with Crippen LogP contribution in [0.25, 0.3) is 0 Å². The zero-order chi connectivity index (χ0) is 9.56. The minimum Gasteiger partial charge on any atom is -0.479 e.